The summed E-state index contributed by atoms with van der Waals surface area (Å²) < 4.78 is 0. The highest BCUT2D eigenvalue weighted by molar-refractivity contribution is 7.17. The van der Waals surface area contributed by atoms with E-state index in [1.807, 2.05) is 44.2 Å². The molecule has 3 aromatic rings. The van der Waals surface area contributed by atoms with Gasteiger partial charge in [0, 0.05) is 10.9 Å². The second kappa shape index (κ2) is 5.82. The van der Waals surface area contributed by atoms with Crippen molar-refractivity contribution in [1.29, 1.82) is 0 Å². The second-order valence-corrected chi connectivity index (χ2v) is 6.92. The molecule has 0 spiro atoms. The summed E-state index contributed by atoms with van der Waals surface area (Å²) in [7, 11) is 0. The maximum atomic E-state index is 12.3. The van der Waals surface area contributed by atoms with Crippen LogP contribution < -0.4 is 15.9 Å². The van der Waals surface area contributed by atoms with Gasteiger partial charge in [-0.3, -0.25) is 4.79 Å². The summed E-state index contributed by atoms with van der Waals surface area (Å²) >= 11 is 1.24. The van der Waals surface area contributed by atoms with Crippen LogP contribution in [0.3, 0.4) is 0 Å². The van der Waals surface area contributed by atoms with E-state index < -0.39 is 0 Å². The standard InChI is InChI=1S/C19H15N3O2S/c1-10-7-8-13(11(2)9-10)21-19-22-18(24)16(25-19)15-12-5-3-4-6-14(12)20-17(15)23/h3-9,24H,1-2H3,(H,21,22). The molecule has 0 aliphatic carbocycles. The number of nitrogens with zero attached hydrogens (tertiary/aromatic N) is 2. The van der Waals surface area contributed by atoms with Crippen LogP contribution in [0.4, 0.5) is 10.8 Å². The number of carbonyl (C=O) groups excluding carboxylic acids is 1. The van der Waals surface area contributed by atoms with Crippen LogP contribution in [0.25, 0.3) is 5.57 Å². The number of aryl methyl sites for hydroxylation is 2. The minimum Gasteiger partial charge on any atom is -0.492 e. The molecule has 6 heteroatoms. The molecule has 2 N–H and O–H groups in total. The van der Waals surface area contributed by atoms with E-state index in [-0.39, 0.29) is 11.8 Å². The van der Waals surface area contributed by atoms with E-state index in [9.17, 15) is 9.90 Å². The maximum Gasteiger partial charge on any atom is 0.279 e. The molecule has 1 aromatic heterocycles. The molecule has 0 radical (unpaired) electrons. The number of aromatic hydroxyl groups is 1. The summed E-state index contributed by atoms with van der Waals surface area (Å²) in [5.74, 6) is -0.509. The van der Waals surface area contributed by atoms with Crippen LogP contribution in [0.15, 0.2) is 47.5 Å². The number of fused-ring (bicyclic) bond motifs is 1. The highest BCUT2D eigenvalue weighted by Crippen LogP contribution is 2.35. The zero-order valence-corrected chi connectivity index (χ0v) is 14.5. The Balaban J connectivity index is 1.78. The van der Waals surface area contributed by atoms with Crippen molar-refractivity contribution in [2.75, 3.05) is 5.32 Å². The largest absolute Gasteiger partial charge is 0.492 e. The van der Waals surface area contributed by atoms with Crippen LogP contribution >= 0.6 is 11.3 Å². The van der Waals surface area contributed by atoms with Crippen LogP contribution in [-0.4, -0.2) is 16.0 Å². The summed E-state index contributed by atoms with van der Waals surface area (Å²) in [6, 6.07) is 13.3. The SMILES string of the molecule is Cc1ccc(Nc2nc(O)c(C3=c4ccccc4=NC3=O)s2)c(C)c1. The van der Waals surface area contributed by atoms with Gasteiger partial charge in [-0.1, -0.05) is 47.2 Å². The smallest absolute Gasteiger partial charge is 0.279 e. The molecular weight excluding hydrogens is 334 g/mol. The van der Waals surface area contributed by atoms with Gasteiger partial charge in [0.05, 0.1) is 10.9 Å². The van der Waals surface area contributed by atoms with Gasteiger partial charge in [0.25, 0.3) is 5.91 Å². The highest BCUT2D eigenvalue weighted by Gasteiger charge is 2.24. The first-order chi connectivity index (χ1) is 12.0. The van der Waals surface area contributed by atoms with Crippen LogP contribution in [0.5, 0.6) is 5.88 Å². The molecule has 0 atom stereocenters. The predicted octanol–water partition coefficient (Wildman–Crippen LogP) is 2.57. The maximum absolute atomic E-state index is 12.3. The number of anilines is 2. The molecule has 0 saturated carbocycles. The molecule has 1 aliphatic rings. The average Bonchev–Trinajstić information content (AvgIpc) is 3.08. The average molecular weight is 349 g/mol. The van der Waals surface area contributed by atoms with Gasteiger partial charge < -0.3 is 10.4 Å². The van der Waals surface area contributed by atoms with Gasteiger partial charge in [-0.05, 0) is 31.5 Å². The lowest BCUT2D eigenvalue weighted by molar-refractivity contribution is -0.112. The monoisotopic (exact) mass is 349 g/mol. The number of amides is 1. The van der Waals surface area contributed by atoms with Crippen molar-refractivity contribution in [2.24, 2.45) is 4.99 Å². The van der Waals surface area contributed by atoms with Gasteiger partial charge in [-0.15, -0.1) is 0 Å². The number of hydrogen-bond donors (Lipinski definition) is 2. The van der Waals surface area contributed by atoms with E-state index >= 15 is 0 Å². The van der Waals surface area contributed by atoms with Crippen LogP contribution in [-0.2, 0) is 4.79 Å². The number of nitrogens with one attached hydrogen (secondary N) is 1. The zero-order chi connectivity index (χ0) is 17.6. The summed E-state index contributed by atoms with van der Waals surface area (Å²) in [5, 5.41) is 15.4. The first-order valence-corrected chi connectivity index (χ1v) is 8.61. The van der Waals surface area contributed by atoms with Crippen molar-refractivity contribution in [1.82, 2.24) is 4.98 Å². The molecule has 0 saturated heterocycles. The van der Waals surface area contributed by atoms with E-state index in [4.69, 9.17) is 0 Å². The molecule has 0 fully saturated rings. The molecule has 2 aromatic carbocycles. The Labute approximate surface area is 148 Å². The molecule has 124 valence electrons. The van der Waals surface area contributed by atoms with Gasteiger partial charge >= 0.3 is 0 Å². The Hall–Kier alpha value is -2.99. The molecule has 2 heterocycles. The normalized spacial score (nSPS) is 12.9. The van der Waals surface area contributed by atoms with Crippen molar-refractivity contribution in [3.63, 3.8) is 0 Å². The first kappa shape index (κ1) is 15.5. The van der Waals surface area contributed by atoms with Crippen molar-refractivity contribution in [3.8, 4) is 5.88 Å². The van der Waals surface area contributed by atoms with E-state index in [1.165, 1.54) is 16.9 Å². The predicted molar refractivity (Wildman–Crippen MR) is 97.7 cm³/mol. The topological polar surface area (TPSA) is 74.6 Å². The van der Waals surface area contributed by atoms with Crippen molar-refractivity contribution in [3.05, 3.63) is 69.0 Å². The number of benzene rings is 2. The fraction of sp³-hybridized carbons (Fsp3) is 0.105. The van der Waals surface area contributed by atoms with Gasteiger partial charge in [0.1, 0.15) is 4.88 Å². The molecular formula is C19H15N3O2S. The number of aromatic nitrogens is 1. The molecule has 25 heavy (non-hydrogen) atoms. The lowest BCUT2D eigenvalue weighted by Gasteiger charge is -2.07. The van der Waals surface area contributed by atoms with E-state index in [0.717, 1.165) is 16.5 Å². The Kier molecular flexibility index (Phi) is 3.62. The third kappa shape index (κ3) is 2.70. The first-order valence-electron chi connectivity index (χ1n) is 7.80. The molecule has 0 bridgehead atoms. The minimum atomic E-state index is -0.349. The van der Waals surface area contributed by atoms with Crippen molar-refractivity contribution < 1.29 is 9.90 Å². The third-order valence-electron chi connectivity index (χ3n) is 4.07. The van der Waals surface area contributed by atoms with Crippen LogP contribution in [0.1, 0.15) is 16.0 Å². The Morgan fingerprint density at radius 3 is 2.72 bits per heavy atom. The summed E-state index contributed by atoms with van der Waals surface area (Å²) in [5.41, 5.74) is 3.58. The summed E-state index contributed by atoms with van der Waals surface area (Å²) in [4.78, 5) is 20.9. The molecule has 5 nitrogen and oxygen atoms in total. The van der Waals surface area contributed by atoms with Gasteiger partial charge in [0.2, 0.25) is 5.88 Å². The molecule has 1 aliphatic heterocycles. The van der Waals surface area contributed by atoms with Crippen molar-refractivity contribution >= 4 is 33.6 Å². The molecule has 4 rings (SSSR count). The quantitative estimate of drug-likeness (QED) is 0.762. The number of thiazole rings is 1. The number of rotatable bonds is 3. The summed E-state index contributed by atoms with van der Waals surface area (Å²) in [6.45, 7) is 4.04. The Bertz CT molecular complexity index is 1130. The highest BCUT2D eigenvalue weighted by atomic mass is 32.1. The van der Waals surface area contributed by atoms with Gasteiger partial charge in [-0.25, -0.2) is 4.99 Å². The zero-order valence-electron chi connectivity index (χ0n) is 13.7. The van der Waals surface area contributed by atoms with E-state index in [2.05, 4.69) is 21.4 Å². The van der Waals surface area contributed by atoms with E-state index in [0.29, 0.717) is 20.9 Å². The van der Waals surface area contributed by atoms with Gasteiger partial charge in [0.15, 0.2) is 5.13 Å². The van der Waals surface area contributed by atoms with Crippen LogP contribution in [0.2, 0.25) is 0 Å². The number of carbonyl (C=O) groups is 1. The van der Waals surface area contributed by atoms with Crippen LogP contribution in [0, 0.1) is 13.8 Å². The summed E-state index contributed by atoms with van der Waals surface area (Å²) in [6.07, 6.45) is 0. The lowest BCUT2D eigenvalue weighted by Crippen LogP contribution is -2.22. The van der Waals surface area contributed by atoms with Gasteiger partial charge in [-0.2, -0.15) is 4.98 Å². The fourth-order valence-corrected chi connectivity index (χ4v) is 3.80. The molecule has 0 unspecified atom stereocenters. The lowest BCUT2D eigenvalue weighted by atomic mass is 10.1. The van der Waals surface area contributed by atoms with E-state index in [1.54, 1.807) is 6.07 Å². The van der Waals surface area contributed by atoms with Crippen molar-refractivity contribution in [2.45, 2.75) is 13.8 Å². The Morgan fingerprint density at radius 1 is 1.12 bits per heavy atom. The fourth-order valence-electron chi connectivity index (χ4n) is 2.88. The molecule has 1 amide bonds. The third-order valence-corrected chi connectivity index (χ3v) is 5.05. The number of para-hydroxylation sites is 1. The minimum absolute atomic E-state index is 0.160. The number of hydrogen-bond acceptors (Lipinski definition) is 5. The second-order valence-electron chi connectivity index (χ2n) is 5.92. The Morgan fingerprint density at radius 2 is 1.92 bits per heavy atom.